The molecule has 2 aromatic carbocycles. The van der Waals surface area contributed by atoms with E-state index in [4.69, 9.17) is 0 Å². The number of amides is 1. The highest BCUT2D eigenvalue weighted by atomic mass is 16.1. The Morgan fingerprint density at radius 2 is 1.84 bits per heavy atom. The van der Waals surface area contributed by atoms with E-state index >= 15 is 0 Å². The van der Waals surface area contributed by atoms with E-state index < -0.39 is 0 Å². The normalized spacial score (nSPS) is 9.95. The molecule has 0 aliphatic rings. The summed E-state index contributed by atoms with van der Waals surface area (Å²) < 4.78 is 0. The van der Waals surface area contributed by atoms with Crippen LogP contribution in [-0.4, -0.2) is 12.2 Å². The van der Waals surface area contributed by atoms with E-state index in [9.17, 15) is 9.59 Å². The zero-order chi connectivity index (χ0) is 13.7. The molecular formula is C16H15NO2. The van der Waals surface area contributed by atoms with Crippen LogP contribution >= 0.6 is 0 Å². The predicted octanol–water partition coefficient (Wildman–Crippen LogP) is 2.80. The van der Waals surface area contributed by atoms with Crippen molar-refractivity contribution in [3.05, 3.63) is 59.7 Å². The molecule has 0 atom stereocenters. The molecule has 0 aliphatic heterocycles. The zero-order valence-corrected chi connectivity index (χ0v) is 10.7. The molecule has 0 aliphatic carbocycles. The van der Waals surface area contributed by atoms with Crippen LogP contribution in [0.4, 0.5) is 0 Å². The van der Waals surface area contributed by atoms with E-state index in [-0.39, 0.29) is 5.91 Å². The van der Waals surface area contributed by atoms with Crippen molar-refractivity contribution in [2.24, 2.45) is 0 Å². The van der Waals surface area contributed by atoms with Gasteiger partial charge in [0.1, 0.15) is 6.29 Å². The van der Waals surface area contributed by atoms with Crippen LogP contribution in [-0.2, 0) is 11.3 Å². The molecule has 3 nitrogen and oxygen atoms in total. The maximum absolute atomic E-state index is 10.8. The highest BCUT2D eigenvalue weighted by molar-refractivity contribution is 5.78. The molecule has 0 saturated heterocycles. The zero-order valence-electron chi connectivity index (χ0n) is 10.7. The molecule has 1 amide bonds. The minimum absolute atomic E-state index is 0.0391. The fraction of sp³-hybridized carbons (Fsp3) is 0.125. The fourth-order valence-corrected chi connectivity index (χ4v) is 1.83. The topological polar surface area (TPSA) is 46.2 Å². The molecule has 0 aromatic heterocycles. The molecule has 0 heterocycles. The first-order valence-corrected chi connectivity index (χ1v) is 6.08. The average molecular weight is 253 g/mol. The van der Waals surface area contributed by atoms with Gasteiger partial charge in [0, 0.05) is 19.0 Å². The van der Waals surface area contributed by atoms with E-state index in [1.54, 1.807) is 6.07 Å². The third kappa shape index (κ3) is 3.52. The first kappa shape index (κ1) is 13.0. The van der Waals surface area contributed by atoms with Gasteiger partial charge in [-0.2, -0.15) is 0 Å². The standard InChI is InChI=1S/C16H15NO2/c1-12(19)17-10-13-5-7-15(8-6-13)16-4-2-3-14(9-16)11-18/h2-9,11H,10H2,1H3,(H,17,19). The highest BCUT2D eigenvalue weighted by Crippen LogP contribution is 2.20. The van der Waals surface area contributed by atoms with Crippen LogP contribution in [0.3, 0.4) is 0 Å². The Morgan fingerprint density at radius 3 is 2.47 bits per heavy atom. The van der Waals surface area contributed by atoms with E-state index in [0.29, 0.717) is 12.1 Å². The van der Waals surface area contributed by atoms with Gasteiger partial charge in [-0.25, -0.2) is 0 Å². The Morgan fingerprint density at radius 1 is 1.11 bits per heavy atom. The van der Waals surface area contributed by atoms with Gasteiger partial charge in [0.15, 0.2) is 0 Å². The molecular weight excluding hydrogens is 238 g/mol. The number of benzene rings is 2. The second kappa shape index (κ2) is 5.96. The SMILES string of the molecule is CC(=O)NCc1ccc(-c2cccc(C=O)c2)cc1. The van der Waals surface area contributed by atoms with Gasteiger partial charge in [-0.15, -0.1) is 0 Å². The first-order valence-electron chi connectivity index (χ1n) is 6.08. The quantitative estimate of drug-likeness (QED) is 0.852. The van der Waals surface area contributed by atoms with Gasteiger partial charge in [-0.1, -0.05) is 42.5 Å². The van der Waals surface area contributed by atoms with Gasteiger partial charge in [-0.05, 0) is 22.8 Å². The number of nitrogens with one attached hydrogen (secondary N) is 1. The summed E-state index contributed by atoms with van der Waals surface area (Å²) in [5.41, 5.74) is 3.77. The van der Waals surface area contributed by atoms with Crippen molar-refractivity contribution in [2.45, 2.75) is 13.5 Å². The number of carbonyl (C=O) groups excluding carboxylic acids is 2. The highest BCUT2D eigenvalue weighted by Gasteiger charge is 2.00. The van der Waals surface area contributed by atoms with Crippen molar-refractivity contribution in [1.82, 2.24) is 5.32 Å². The molecule has 0 bridgehead atoms. The van der Waals surface area contributed by atoms with Gasteiger partial charge >= 0.3 is 0 Å². The third-order valence-corrected chi connectivity index (χ3v) is 2.85. The molecule has 0 fully saturated rings. The largest absolute Gasteiger partial charge is 0.352 e. The summed E-state index contributed by atoms with van der Waals surface area (Å²) in [7, 11) is 0. The summed E-state index contributed by atoms with van der Waals surface area (Å²) in [6.07, 6.45) is 0.842. The summed E-state index contributed by atoms with van der Waals surface area (Å²) in [6.45, 7) is 2.03. The van der Waals surface area contributed by atoms with Crippen LogP contribution in [0, 0.1) is 0 Å². The van der Waals surface area contributed by atoms with E-state index in [2.05, 4.69) is 5.32 Å². The molecule has 1 N–H and O–H groups in total. The fourth-order valence-electron chi connectivity index (χ4n) is 1.83. The molecule has 0 radical (unpaired) electrons. The molecule has 0 unspecified atom stereocenters. The Hall–Kier alpha value is -2.42. The van der Waals surface area contributed by atoms with Crippen molar-refractivity contribution in [2.75, 3.05) is 0 Å². The Balaban J connectivity index is 2.17. The van der Waals surface area contributed by atoms with Crippen LogP contribution in [0.25, 0.3) is 11.1 Å². The Labute approximate surface area is 112 Å². The van der Waals surface area contributed by atoms with Crippen molar-refractivity contribution < 1.29 is 9.59 Å². The molecule has 96 valence electrons. The summed E-state index contributed by atoms with van der Waals surface area (Å²) >= 11 is 0. The van der Waals surface area contributed by atoms with Gasteiger partial charge < -0.3 is 5.32 Å². The maximum Gasteiger partial charge on any atom is 0.217 e. The Kier molecular flexibility index (Phi) is 4.08. The van der Waals surface area contributed by atoms with Gasteiger partial charge in [0.2, 0.25) is 5.91 Å². The van der Waals surface area contributed by atoms with Crippen molar-refractivity contribution >= 4 is 12.2 Å². The number of rotatable bonds is 4. The number of hydrogen-bond donors (Lipinski definition) is 1. The molecule has 19 heavy (non-hydrogen) atoms. The van der Waals surface area contributed by atoms with Gasteiger partial charge in [0.25, 0.3) is 0 Å². The summed E-state index contributed by atoms with van der Waals surface area (Å²) in [5, 5.41) is 2.75. The van der Waals surface area contributed by atoms with Crippen molar-refractivity contribution in [1.29, 1.82) is 0 Å². The predicted molar refractivity (Wildman–Crippen MR) is 74.8 cm³/mol. The van der Waals surface area contributed by atoms with Gasteiger partial charge in [0.05, 0.1) is 0 Å². The second-order valence-corrected chi connectivity index (χ2v) is 4.35. The Bertz CT molecular complexity index is 588. The van der Waals surface area contributed by atoms with Crippen LogP contribution < -0.4 is 5.32 Å². The van der Waals surface area contributed by atoms with Crippen LogP contribution in [0.15, 0.2) is 48.5 Å². The lowest BCUT2D eigenvalue weighted by Gasteiger charge is -2.05. The van der Waals surface area contributed by atoms with E-state index in [0.717, 1.165) is 23.0 Å². The van der Waals surface area contributed by atoms with Crippen LogP contribution in [0.2, 0.25) is 0 Å². The maximum atomic E-state index is 10.8. The first-order chi connectivity index (χ1) is 9.19. The van der Waals surface area contributed by atoms with E-state index in [1.807, 2.05) is 42.5 Å². The van der Waals surface area contributed by atoms with Crippen LogP contribution in [0.5, 0.6) is 0 Å². The average Bonchev–Trinajstić information content (AvgIpc) is 2.45. The lowest BCUT2D eigenvalue weighted by atomic mass is 10.0. The monoisotopic (exact) mass is 253 g/mol. The number of aldehydes is 1. The molecule has 3 heteroatoms. The summed E-state index contributed by atoms with van der Waals surface area (Å²) in [6, 6.07) is 15.4. The molecule has 0 spiro atoms. The van der Waals surface area contributed by atoms with E-state index in [1.165, 1.54) is 6.92 Å². The molecule has 0 saturated carbocycles. The number of carbonyl (C=O) groups is 2. The van der Waals surface area contributed by atoms with Crippen molar-refractivity contribution in [3.8, 4) is 11.1 Å². The minimum Gasteiger partial charge on any atom is -0.352 e. The summed E-state index contributed by atoms with van der Waals surface area (Å²) in [5.74, 6) is -0.0391. The lowest BCUT2D eigenvalue weighted by molar-refractivity contribution is -0.119. The summed E-state index contributed by atoms with van der Waals surface area (Å²) in [4.78, 5) is 21.6. The molecule has 2 aromatic rings. The third-order valence-electron chi connectivity index (χ3n) is 2.85. The van der Waals surface area contributed by atoms with Crippen LogP contribution in [0.1, 0.15) is 22.8 Å². The lowest BCUT2D eigenvalue weighted by Crippen LogP contribution is -2.18. The smallest absolute Gasteiger partial charge is 0.217 e. The second-order valence-electron chi connectivity index (χ2n) is 4.35. The minimum atomic E-state index is -0.0391. The number of hydrogen-bond acceptors (Lipinski definition) is 2. The van der Waals surface area contributed by atoms with Gasteiger partial charge in [-0.3, -0.25) is 9.59 Å². The molecule has 2 rings (SSSR count). The van der Waals surface area contributed by atoms with Crippen molar-refractivity contribution in [3.63, 3.8) is 0 Å².